The molecule has 0 aliphatic heterocycles. The van der Waals surface area contributed by atoms with Crippen molar-refractivity contribution in [2.24, 2.45) is 17.8 Å². The summed E-state index contributed by atoms with van der Waals surface area (Å²) in [5, 5.41) is 16.8. The van der Waals surface area contributed by atoms with E-state index in [1.165, 1.54) is 44.4 Å². The molecule has 0 bridgehead atoms. The van der Waals surface area contributed by atoms with Crippen LogP contribution in [0.25, 0.3) is 22.5 Å². The first kappa shape index (κ1) is 21.5. The Morgan fingerprint density at radius 2 is 1.88 bits per heavy atom. The number of carbonyl (C=O) groups is 1. The van der Waals surface area contributed by atoms with Gasteiger partial charge in [-0.1, -0.05) is 44.2 Å². The normalized spacial score (nSPS) is 21.1. The number of H-pyrrole nitrogens is 1. The molecule has 0 saturated heterocycles. The molecular formula is C23H23F3N6O. The molecule has 0 unspecified atom stereocenters. The number of hydrogen-bond acceptors (Lipinski definition) is 5. The molecule has 3 aromatic rings. The smallest absolute Gasteiger partial charge is 0.326 e. The molecule has 2 aliphatic rings. The zero-order valence-electron chi connectivity index (χ0n) is 17.8. The third-order valence-electron chi connectivity index (χ3n) is 6.68. The molecule has 0 spiro atoms. The average Bonchev–Trinajstić information content (AvgIpc) is 3.44. The first-order valence-electron chi connectivity index (χ1n) is 11.1. The lowest BCUT2D eigenvalue weighted by atomic mass is 9.85. The summed E-state index contributed by atoms with van der Waals surface area (Å²) in [4.78, 5) is 16.4. The number of nitrogens with one attached hydrogen (secondary N) is 2. The quantitative estimate of drug-likeness (QED) is 0.557. The molecule has 2 saturated carbocycles. The predicted molar refractivity (Wildman–Crippen MR) is 115 cm³/mol. The highest BCUT2D eigenvalue weighted by molar-refractivity contribution is 5.96. The topological polar surface area (TPSA) is 96.5 Å². The maximum absolute atomic E-state index is 12.9. The molecule has 2 aliphatic carbocycles. The van der Waals surface area contributed by atoms with Crippen LogP contribution >= 0.6 is 0 Å². The summed E-state index contributed by atoms with van der Waals surface area (Å²) in [5.41, 5.74) is 1.25. The van der Waals surface area contributed by atoms with Crippen molar-refractivity contribution < 1.29 is 18.0 Å². The lowest BCUT2D eigenvalue weighted by Crippen LogP contribution is -2.18. The summed E-state index contributed by atoms with van der Waals surface area (Å²) in [7, 11) is 0. The van der Waals surface area contributed by atoms with Crippen molar-refractivity contribution >= 4 is 11.6 Å². The number of aromatic amines is 1. The van der Waals surface area contributed by atoms with Gasteiger partial charge in [-0.2, -0.15) is 13.2 Å². The van der Waals surface area contributed by atoms with Gasteiger partial charge in [0.15, 0.2) is 5.82 Å². The Bertz CT molecular complexity index is 1120. The molecule has 5 rings (SSSR count). The van der Waals surface area contributed by atoms with E-state index in [1.807, 2.05) is 0 Å². The van der Waals surface area contributed by atoms with Crippen LogP contribution in [0, 0.1) is 17.8 Å². The summed E-state index contributed by atoms with van der Waals surface area (Å²) < 4.78 is 38.6. The van der Waals surface area contributed by atoms with E-state index < -0.39 is 11.9 Å². The van der Waals surface area contributed by atoms with Crippen LogP contribution in [0.3, 0.4) is 0 Å². The third kappa shape index (κ3) is 4.60. The van der Waals surface area contributed by atoms with Crippen LogP contribution in [0.4, 0.5) is 18.9 Å². The van der Waals surface area contributed by atoms with E-state index >= 15 is 0 Å². The van der Waals surface area contributed by atoms with Gasteiger partial charge in [0.05, 0.1) is 0 Å². The highest BCUT2D eigenvalue weighted by atomic mass is 19.4. The molecule has 10 heteroatoms. The number of alkyl halides is 3. The van der Waals surface area contributed by atoms with Gasteiger partial charge in [-0.3, -0.25) is 9.78 Å². The fourth-order valence-corrected chi connectivity index (χ4v) is 4.90. The van der Waals surface area contributed by atoms with E-state index in [0.29, 0.717) is 40.0 Å². The molecule has 2 heterocycles. The number of nitrogens with zero attached hydrogens (tertiary/aromatic N) is 4. The van der Waals surface area contributed by atoms with Gasteiger partial charge in [-0.15, -0.1) is 5.10 Å². The zero-order chi connectivity index (χ0) is 23.0. The Labute approximate surface area is 188 Å². The van der Waals surface area contributed by atoms with Crippen molar-refractivity contribution in [2.75, 3.05) is 5.32 Å². The summed E-state index contributed by atoms with van der Waals surface area (Å²) in [6.07, 6.45) is 3.82. The standard InChI is InChI=1S/C23H23F3N6O/c24-23(25,26)20-9-6-14(12-27-20)16-8-7-15(10-18(16)21-29-31-32-30-21)28-22(33)19-11-17(19)13-4-2-1-3-5-13/h6-10,12-13,17,19H,1-5,11H2,(H,28,33)(H,29,30,31,32)/t17-,19+/m0/s1. The molecule has 1 amide bonds. The lowest BCUT2D eigenvalue weighted by molar-refractivity contribution is -0.141. The fraction of sp³-hybridized carbons (Fsp3) is 0.435. The van der Waals surface area contributed by atoms with Crippen LogP contribution < -0.4 is 5.32 Å². The molecule has 33 heavy (non-hydrogen) atoms. The van der Waals surface area contributed by atoms with Crippen LogP contribution in [0.1, 0.15) is 44.2 Å². The summed E-state index contributed by atoms with van der Waals surface area (Å²) in [6.45, 7) is 0. The van der Waals surface area contributed by atoms with Crippen molar-refractivity contribution in [3.05, 3.63) is 42.2 Å². The molecule has 2 N–H and O–H groups in total. The number of rotatable bonds is 5. The number of pyridine rings is 1. The van der Waals surface area contributed by atoms with E-state index in [0.717, 1.165) is 12.5 Å². The number of hydrogen-bond donors (Lipinski definition) is 2. The molecular weight excluding hydrogens is 433 g/mol. The number of carbonyl (C=O) groups excluding carboxylic acids is 1. The number of tetrazole rings is 1. The van der Waals surface area contributed by atoms with Crippen molar-refractivity contribution in [1.29, 1.82) is 0 Å². The Kier molecular flexibility index (Phi) is 5.59. The largest absolute Gasteiger partial charge is 0.433 e. The van der Waals surface area contributed by atoms with Gasteiger partial charge < -0.3 is 5.32 Å². The first-order chi connectivity index (χ1) is 15.9. The maximum atomic E-state index is 12.9. The Morgan fingerprint density at radius 1 is 1.06 bits per heavy atom. The minimum absolute atomic E-state index is 0.0103. The Hall–Kier alpha value is -3.30. The van der Waals surface area contributed by atoms with Crippen LogP contribution in [-0.4, -0.2) is 31.5 Å². The second-order valence-electron chi connectivity index (χ2n) is 8.83. The van der Waals surface area contributed by atoms with Crippen molar-refractivity contribution in [2.45, 2.75) is 44.7 Å². The van der Waals surface area contributed by atoms with E-state index in [2.05, 4.69) is 30.9 Å². The van der Waals surface area contributed by atoms with Crippen LogP contribution in [0.2, 0.25) is 0 Å². The molecule has 2 aromatic heterocycles. The maximum Gasteiger partial charge on any atom is 0.433 e. The lowest BCUT2D eigenvalue weighted by Gasteiger charge is -2.21. The highest BCUT2D eigenvalue weighted by Crippen LogP contribution is 2.49. The van der Waals surface area contributed by atoms with Gasteiger partial charge in [0.1, 0.15) is 5.69 Å². The van der Waals surface area contributed by atoms with Crippen molar-refractivity contribution in [1.82, 2.24) is 25.6 Å². The number of amides is 1. The second-order valence-corrected chi connectivity index (χ2v) is 8.83. The zero-order valence-corrected chi connectivity index (χ0v) is 17.8. The van der Waals surface area contributed by atoms with Crippen LogP contribution in [-0.2, 0) is 11.0 Å². The molecule has 2 fully saturated rings. The van der Waals surface area contributed by atoms with Gasteiger partial charge >= 0.3 is 6.18 Å². The minimum atomic E-state index is -4.51. The van der Waals surface area contributed by atoms with Crippen molar-refractivity contribution in [3.8, 4) is 22.5 Å². The summed E-state index contributed by atoms with van der Waals surface area (Å²) >= 11 is 0. The minimum Gasteiger partial charge on any atom is -0.326 e. The van der Waals surface area contributed by atoms with Gasteiger partial charge in [0.25, 0.3) is 0 Å². The Balaban J connectivity index is 1.37. The third-order valence-corrected chi connectivity index (χ3v) is 6.68. The molecule has 1 aromatic carbocycles. The van der Waals surface area contributed by atoms with E-state index in [4.69, 9.17) is 0 Å². The summed E-state index contributed by atoms with van der Waals surface area (Å²) in [6, 6.07) is 7.48. The fourth-order valence-electron chi connectivity index (χ4n) is 4.90. The first-order valence-corrected chi connectivity index (χ1v) is 11.1. The molecule has 172 valence electrons. The van der Waals surface area contributed by atoms with Crippen LogP contribution in [0.15, 0.2) is 36.5 Å². The van der Waals surface area contributed by atoms with Crippen molar-refractivity contribution in [3.63, 3.8) is 0 Å². The number of benzene rings is 1. The molecule has 0 radical (unpaired) electrons. The molecule has 2 atom stereocenters. The van der Waals surface area contributed by atoms with E-state index in [-0.39, 0.29) is 11.8 Å². The van der Waals surface area contributed by atoms with Gasteiger partial charge in [0.2, 0.25) is 5.91 Å². The van der Waals surface area contributed by atoms with Gasteiger partial charge in [0, 0.05) is 28.9 Å². The van der Waals surface area contributed by atoms with Crippen LogP contribution in [0.5, 0.6) is 0 Å². The highest BCUT2D eigenvalue weighted by Gasteiger charge is 2.47. The average molecular weight is 456 g/mol. The SMILES string of the molecule is O=C(Nc1ccc(-c2ccc(C(F)(F)F)nc2)c(-c2nnn[nH]2)c1)[C@@H]1C[C@H]1C1CCCCC1. The van der Waals surface area contributed by atoms with Gasteiger partial charge in [-0.25, -0.2) is 5.10 Å². The van der Waals surface area contributed by atoms with E-state index in [1.54, 1.807) is 18.2 Å². The van der Waals surface area contributed by atoms with E-state index in [9.17, 15) is 18.0 Å². The monoisotopic (exact) mass is 456 g/mol. The molecule has 7 nitrogen and oxygen atoms in total. The van der Waals surface area contributed by atoms with Gasteiger partial charge in [-0.05, 0) is 52.4 Å². The number of halogens is 3. The Morgan fingerprint density at radius 3 is 2.55 bits per heavy atom. The number of aromatic nitrogens is 5. The second kappa shape index (κ2) is 8.57. The predicted octanol–water partition coefficient (Wildman–Crippen LogP) is 5.10. The summed E-state index contributed by atoms with van der Waals surface area (Å²) in [5.74, 6) is 1.52. The number of anilines is 1.